The van der Waals surface area contributed by atoms with Crippen molar-refractivity contribution in [1.29, 1.82) is 0 Å². The molecule has 0 saturated heterocycles. The van der Waals surface area contributed by atoms with Crippen LogP contribution in [0.15, 0.2) is 65.3 Å². The first-order valence-corrected chi connectivity index (χ1v) is 7.82. The first-order chi connectivity index (χ1) is 12.3. The molecule has 4 aromatic rings. The fourth-order valence-corrected chi connectivity index (χ4v) is 2.75. The summed E-state index contributed by atoms with van der Waals surface area (Å²) in [6.07, 6.45) is 1.77. The Morgan fingerprint density at radius 1 is 1.00 bits per heavy atom. The van der Waals surface area contributed by atoms with Gasteiger partial charge in [0.2, 0.25) is 5.82 Å². The molecule has 25 heavy (non-hydrogen) atoms. The van der Waals surface area contributed by atoms with Crippen molar-refractivity contribution in [3.05, 3.63) is 60.8 Å². The minimum atomic E-state index is 0.429. The number of benzene rings is 2. The van der Waals surface area contributed by atoms with E-state index in [9.17, 15) is 0 Å². The van der Waals surface area contributed by atoms with Crippen molar-refractivity contribution in [2.75, 3.05) is 7.11 Å². The van der Waals surface area contributed by atoms with Crippen LogP contribution in [-0.4, -0.2) is 27.0 Å². The minimum absolute atomic E-state index is 0.429. The maximum absolute atomic E-state index is 5.44. The fraction of sp³-hybridized carbons (Fsp3) is 0.105. The Hall–Kier alpha value is -3.41. The highest BCUT2D eigenvalue weighted by molar-refractivity contribution is 5.69. The SMILES string of the molecule is COc1ccccc1-c1nc(-c2cccc(-c3ccnn3C)c2)no1. The van der Waals surface area contributed by atoms with Crippen molar-refractivity contribution in [2.24, 2.45) is 7.05 Å². The second-order valence-electron chi connectivity index (χ2n) is 5.54. The molecule has 2 aromatic carbocycles. The summed E-state index contributed by atoms with van der Waals surface area (Å²) in [7, 11) is 3.53. The van der Waals surface area contributed by atoms with E-state index in [0.717, 1.165) is 22.4 Å². The molecule has 0 saturated carbocycles. The molecule has 0 aliphatic carbocycles. The van der Waals surface area contributed by atoms with E-state index in [0.29, 0.717) is 17.5 Å². The van der Waals surface area contributed by atoms with E-state index in [2.05, 4.69) is 15.2 Å². The van der Waals surface area contributed by atoms with E-state index < -0.39 is 0 Å². The van der Waals surface area contributed by atoms with Gasteiger partial charge in [-0.15, -0.1) is 0 Å². The van der Waals surface area contributed by atoms with Crippen LogP contribution < -0.4 is 4.74 Å². The smallest absolute Gasteiger partial charge is 0.262 e. The zero-order valence-electron chi connectivity index (χ0n) is 13.9. The van der Waals surface area contributed by atoms with Crippen LogP contribution in [0.2, 0.25) is 0 Å². The molecule has 2 heterocycles. The first-order valence-electron chi connectivity index (χ1n) is 7.82. The standard InChI is InChI=1S/C19H16N4O2/c1-23-16(10-11-20-23)13-6-5-7-14(12-13)18-21-19(25-22-18)15-8-3-4-9-17(15)24-2/h3-12H,1-2H3. The van der Waals surface area contributed by atoms with E-state index in [4.69, 9.17) is 9.26 Å². The molecule has 0 aliphatic rings. The highest BCUT2D eigenvalue weighted by Crippen LogP contribution is 2.30. The number of para-hydroxylation sites is 1. The molecule has 6 heteroatoms. The Morgan fingerprint density at radius 2 is 1.84 bits per heavy atom. The molecule has 4 rings (SSSR count). The highest BCUT2D eigenvalue weighted by Gasteiger charge is 2.15. The van der Waals surface area contributed by atoms with Gasteiger partial charge in [0.15, 0.2) is 0 Å². The van der Waals surface area contributed by atoms with E-state index >= 15 is 0 Å². The number of nitrogens with zero attached hydrogens (tertiary/aromatic N) is 4. The molecule has 0 amide bonds. The van der Waals surface area contributed by atoms with Crippen molar-refractivity contribution >= 4 is 0 Å². The van der Waals surface area contributed by atoms with Crippen molar-refractivity contribution in [2.45, 2.75) is 0 Å². The summed E-state index contributed by atoms with van der Waals surface area (Å²) in [5.41, 5.74) is 3.71. The lowest BCUT2D eigenvalue weighted by atomic mass is 10.1. The van der Waals surface area contributed by atoms with Gasteiger partial charge in [-0.1, -0.05) is 35.5 Å². The molecule has 0 atom stereocenters. The van der Waals surface area contributed by atoms with Gasteiger partial charge in [0.1, 0.15) is 5.75 Å². The van der Waals surface area contributed by atoms with Crippen LogP contribution in [0.4, 0.5) is 0 Å². The van der Waals surface area contributed by atoms with Crippen LogP contribution >= 0.6 is 0 Å². The predicted octanol–water partition coefficient (Wildman–Crippen LogP) is 3.81. The van der Waals surface area contributed by atoms with Crippen molar-refractivity contribution in [3.8, 4) is 39.8 Å². The second-order valence-corrected chi connectivity index (χ2v) is 5.54. The Labute approximate surface area is 144 Å². The summed E-state index contributed by atoms with van der Waals surface area (Å²) in [6.45, 7) is 0. The minimum Gasteiger partial charge on any atom is -0.496 e. The van der Waals surface area contributed by atoms with Gasteiger partial charge in [0, 0.05) is 24.4 Å². The number of hydrogen-bond donors (Lipinski definition) is 0. The van der Waals surface area contributed by atoms with Crippen molar-refractivity contribution < 1.29 is 9.26 Å². The normalized spacial score (nSPS) is 10.8. The zero-order valence-corrected chi connectivity index (χ0v) is 13.9. The number of aromatic nitrogens is 4. The average molecular weight is 332 g/mol. The van der Waals surface area contributed by atoms with Gasteiger partial charge in [0.25, 0.3) is 5.89 Å². The molecule has 0 spiro atoms. The number of methoxy groups -OCH3 is 1. The number of aryl methyl sites for hydroxylation is 1. The summed E-state index contributed by atoms with van der Waals surface area (Å²) in [4.78, 5) is 4.52. The van der Waals surface area contributed by atoms with Gasteiger partial charge in [-0.05, 0) is 24.3 Å². The highest BCUT2D eigenvalue weighted by atomic mass is 16.5. The molecule has 0 unspecified atom stereocenters. The lowest BCUT2D eigenvalue weighted by Gasteiger charge is -2.03. The molecular formula is C19H16N4O2. The quantitative estimate of drug-likeness (QED) is 0.568. The summed E-state index contributed by atoms with van der Waals surface area (Å²) in [5.74, 6) is 1.66. The van der Waals surface area contributed by atoms with Gasteiger partial charge >= 0.3 is 0 Å². The lowest BCUT2D eigenvalue weighted by Crippen LogP contribution is -1.93. The number of hydrogen-bond acceptors (Lipinski definition) is 5. The Kier molecular flexibility index (Phi) is 3.78. The van der Waals surface area contributed by atoms with Crippen LogP contribution in [0.3, 0.4) is 0 Å². The average Bonchev–Trinajstić information content (AvgIpc) is 3.31. The number of ether oxygens (including phenoxy) is 1. The van der Waals surface area contributed by atoms with Gasteiger partial charge in [-0.2, -0.15) is 10.1 Å². The van der Waals surface area contributed by atoms with E-state index in [1.807, 2.05) is 66.3 Å². The Bertz CT molecular complexity index is 1020. The van der Waals surface area contributed by atoms with E-state index in [1.54, 1.807) is 13.3 Å². The molecular weight excluding hydrogens is 316 g/mol. The molecule has 2 aromatic heterocycles. The van der Waals surface area contributed by atoms with E-state index in [1.165, 1.54) is 0 Å². The van der Waals surface area contributed by atoms with Crippen LogP contribution in [0, 0.1) is 0 Å². The topological polar surface area (TPSA) is 66.0 Å². The third-order valence-electron chi connectivity index (χ3n) is 4.00. The van der Waals surface area contributed by atoms with Crippen molar-refractivity contribution in [1.82, 2.24) is 19.9 Å². The third-order valence-corrected chi connectivity index (χ3v) is 4.00. The van der Waals surface area contributed by atoms with Gasteiger partial charge in [-0.25, -0.2) is 0 Å². The van der Waals surface area contributed by atoms with E-state index in [-0.39, 0.29) is 0 Å². The maximum atomic E-state index is 5.44. The molecule has 6 nitrogen and oxygen atoms in total. The van der Waals surface area contributed by atoms with Crippen LogP contribution in [0.5, 0.6) is 5.75 Å². The molecule has 0 bridgehead atoms. The number of rotatable bonds is 4. The van der Waals surface area contributed by atoms with Crippen LogP contribution in [-0.2, 0) is 7.05 Å². The van der Waals surface area contributed by atoms with Crippen LogP contribution in [0.1, 0.15) is 0 Å². The third kappa shape index (κ3) is 2.78. The molecule has 0 radical (unpaired) electrons. The zero-order chi connectivity index (χ0) is 17.2. The van der Waals surface area contributed by atoms with Crippen molar-refractivity contribution in [3.63, 3.8) is 0 Å². The Morgan fingerprint density at radius 3 is 2.64 bits per heavy atom. The van der Waals surface area contributed by atoms with Gasteiger partial charge in [0.05, 0.1) is 18.4 Å². The summed E-state index contributed by atoms with van der Waals surface area (Å²) < 4.78 is 12.6. The second kappa shape index (κ2) is 6.24. The summed E-state index contributed by atoms with van der Waals surface area (Å²) in [6, 6.07) is 17.5. The summed E-state index contributed by atoms with van der Waals surface area (Å²) in [5, 5.41) is 8.33. The van der Waals surface area contributed by atoms with Crippen LogP contribution in [0.25, 0.3) is 34.1 Å². The van der Waals surface area contributed by atoms with Gasteiger partial charge < -0.3 is 9.26 Å². The molecule has 0 fully saturated rings. The molecule has 0 aliphatic heterocycles. The monoisotopic (exact) mass is 332 g/mol. The molecule has 124 valence electrons. The predicted molar refractivity (Wildman–Crippen MR) is 93.9 cm³/mol. The summed E-state index contributed by atoms with van der Waals surface area (Å²) >= 11 is 0. The lowest BCUT2D eigenvalue weighted by molar-refractivity contribution is 0.405. The molecule has 0 N–H and O–H groups in total. The maximum Gasteiger partial charge on any atom is 0.262 e. The Balaban J connectivity index is 1.72. The fourth-order valence-electron chi connectivity index (χ4n) is 2.75. The largest absolute Gasteiger partial charge is 0.496 e. The first kappa shape index (κ1) is 15.1. The van der Waals surface area contributed by atoms with Gasteiger partial charge in [-0.3, -0.25) is 4.68 Å².